The molecule has 2 N–H and O–H groups in total. The first-order chi connectivity index (χ1) is 5.09. The standard InChI is InChI=1S/C8H15NO2/c1-8(2)6(10)5-7(8)11-4-3-9/h7H,3-5,9H2,1-2H3/t7-/m1/s1. The van der Waals surface area contributed by atoms with Gasteiger partial charge in [0.2, 0.25) is 0 Å². The van der Waals surface area contributed by atoms with Crippen molar-refractivity contribution in [1.29, 1.82) is 0 Å². The summed E-state index contributed by atoms with van der Waals surface area (Å²) in [5.74, 6) is 0.291. The fourth-order valence-electron chi connectivity index (χ4n) is 1.21. The van der Waals surface area contributed by atoms with Crippen LogP contribution in [0.25, 0.3) is 0 Å². The highest BCUT2D eigenvalue weighted by Crippen LogP contribution is 2.38. The van der Waals surface area contributed by atoms with Crippen LogP contribution in [0.1, 0.15) is 20.3 Å². The number of carbonyl (C=O) groups excluding carboxylic acids is 1. The second-order valence-corrected chi connectivity index (χ2v) is 3.50. The Hall–Kier alpha value is -0.410. The normalized spacial score (nSPS) is 28.3. The number of rotatable bonds is 3. The molecule has 1 aliphatic rings. The summed E-state index contributed by atoms with van der Waals surface area (Å²) in [6.07, 6.45) is 0.658. The Balaban J connectivity index is 2.34. The smallest absolute Gasteiger partial charge is 0.143 e. The van der Waals surface area contributed by atoms with Gasteiger partial charge >= 0.3 is 0 Å². The number of nitrogens with two attached hydrogens (primary N) is 1. The number of Topliss-reactive ketones (excluding diaryl/α,β-unsaturated/α-hetero) is 1. The van der Waals surface area contributed by atoms with Gasteiger partial charge in [0.05, 0.1) is 18.1 Å². The SMILES string of the molecule is CC1(C)C(=O)C[C@H]1OCCN. The Kier molecular flexibility index (Phi) is 2.30. The predicted octanol–water partition coefficient (Wildman–Crippen LogP) is 0.329. The third-order valence-electron chi connectivity index (χ3n) is 2.33. The van der Waals surface area contributed by atoms with Gasteiger partial charge in [-0.2, -0.15) is 0 Å². The van der Waals surface area contributed by atoms with Gasteiger partial charge in [-0.05, 0) is 0 Å². The predicted molar refractivity (Wildman–Crippen MR) is 42.2 cm³/mol. The van der Waals surface area contributed by atoms with E-state index in [-0.39, 0.29) is 11.5 Å². The maximum absolute atomic E-state index is 11.0. The van der Waals surface area contributed by atoms with E-state index < -0.39 is 0 Å². The molecule has 0 aromatic rings. The zero-order valence-electron chi connectivity index (χ0n) is 7.09. The van der Waals surface area contributed by atoms with Crippen molar-refractivity contribution in [3.8, 4) is 0 Å². The van der Waals surface area contributed by atoms with Crippen LogP contribution in [0.15, 0.2) is 0 Å². The van der Waals surface area contributed by atoms with Crippen LogP contribution in [-0.4, -0.2) is 25.0 Å². The molecular formula is C8H15NO2. The fourth-order valence-corrected chi connectivity index (χ4v) is 1.21. The van der Waals surface area contributed by atoms with E-state index in [1.54, 1.807) is 0 Å². The molecule has 1 rings (SSSR count). The van der Waals surface area contributed by atoms with Crippen molar-refractivity contribution < 1.29 is 9.53 Å². The van der Waals surface area contributed by atoms with E-state index >= 15 is 0 Å². The molecule has 1 fully saturated rings. The minimum atomic E-state index is -0.269. The largest absolute Gasteiger partial charge is 0.375 e. The maximum atomic E-state index is 11.0. The van der Waals surface area contributed by atoms with Crippen molar-refractivity contribution >= 4 is 5.78 Å². The van der Waals surface area contributed by atoms with Crippen molar-refractivity contribution in [3.63, 3.8) is 0 Å². The molecule has 0 amide bonds. The average molecular weight is 157 g/mol. The number of carbonyl (C=O) groups is 1. The fraction of sp³-hybridized carbons (Fsp3) is 0.875. The molecule has 0 unspecified atom stereocenters. The minimum Gasteiger partial charge on any atom is -0.375 e. The Morgan fingerprint density at radius 3 is 2.73 bits per heavy atom. The van der Waals surface area contributed by atoms with Gasteiger partial charge < -0.3 is 10.5 Å². The monoisotopic (exact) mass is 157 g/mol. The summed E-state index contributed by atoms with van der Waals surface area (Å²) >= 11 is 0. The first-order valence-electron chi connectivity index (χ1n) is 3.94. The van der Waals surface area contributed by atoms with Crippen LogP contribution in [-0.2, 0) is 9.53 Å². The van der Waals surface area contributed by atoms with Crippen molar-refractivity contribution in [2.24, 2.45) is 11.1 Å². The van der Waals surface area contributed by atoms with Crippen LogP contribution >= 0.6 is 0 Å². The lowest BCUT2D eigenvalue weighted by atomic mass is 9.68. The van der Waals surface area contributed by atoms with E-state index in [1.165, 1.54) is 0 Å². The Morgan fingerprint density at radius 2 is 2.36 bits per heavy atom. The number of hydrogen-bond donors (Lipinski definition) is 1. The van der Waals surface area contributed by atoms with Gasteiger partial charge in [-0.1, -0.05) is 13.8 Å². The molecule has 0 radical (unpaired) electrons. The van der Waals surface area contributed by atoms with Gasteiger partial charge in [0.15, 0.2) is 0 Å². The van der Waals surface area contributed by atoms with Crippen molar-refractivity contribution in [2.75, 3.05) is 13.2 Å². The van der Waals surface area contributed by atoms with E-state index in [4.69, 9.17) is 10.5 Å². The Bertz CT molecular complexity index is 165. The molecule has 1 atom stereocenters. The Labute approximate surface area is 66.9 Å². The van der Waals surface area contributed by atoms with Crippen LogP contribution in [0.4, 0.5) is 0 Å². The third-order valence-corrected chi connectivity index (χ3v) is 2.33. The second-order valence-electron chi connectivity index (χ2n) is 3.50. The maximum Gasteiger partial charge on any atom is 0.143 e. The van der Waals surface area contributed by atoms with E-state index in [1.807, 2.05) is 13.8 Å². The first-order valence-corrected chi connectivity index (χ1v) is 3.94. The summed E-state index contributed by atoms with van der Waals surface area (Å²) < 4.78 is 5.37. The highest BCUT2D eigenvalue weighted by atomic mass is 16.5. The van der Waals surface area contributed by atoms with Crippen molar-refractivity contribution in [3.05, 3.63) is 0 Å². The second kappa shape index (κ2) is 2.91. The van der Waals surface area contributed by atoms with E-state index in [0.717, 1.165) is 0 Å². The van der Waals surface area contributed by atoms with Gasteiger partial charge in [0, 0.05) is 13.0 Å². The molecule has 0 saturated heterocycles. The molecule has 3 heteroatoms. The summed E-state index contributed by atoms with van der Waals surface area (Å²) in [5.41, 5.74) is 5.00. The highest BCUT2D eigenvalue weighted by molar-refractivity contribution is 5.91. The lowest BCUT2D eigenvalue weighted by Gasteiger charge is -2.41. The summed E-state index contributed by atoms with van der Waals surface area (Å²) in [6.45, 7) is 4.92. The van der Waals surface area contributed by atoms with Gasteiger partial charge in [0.25, 0.3) is 0 Å². The zero-order chi connectivity index (χ0) is 8.48. The van der Waals surface area contributed by atoms with Crippen LogP contribution in [0, 0.1) is 5.41 Å². The minimum absolute atomic E-state index is 0.0959. The summed E-state index contributed by atoms with van der Waals surface area (Å²) in [4.78, 5) is 11.0. The topological polar surface area (TPSA) is 52.3 Å². The molecule has 0 aromatic heterocycles. The molecule has 64 valence electrons. The van der Waals surface area contributed by atoms with Gasteiger partial charge in [-0.3, -0.25) is 4.79 Å². The molecule has 0 heterocycles. The highest BCUT2D eigenvalue weighted by Gasteiger charge is 2.47. The summed E-state index contributed by atoms with van der Waals surface area (Å²) in [7, 11) is 0. The van der Waals surface area contributed by atoms with Crippen LogP contribution in [0.5, 0.6) is 0 Å². The number of ketones is 1. The number of ether oxygens (including phenoxy) is 1. The zero-order valence-corrected chi connectivity index (χ0v) is 7.09. The van der Waals surface area contributed by atoms with E-state index in [2.05, 4.69) is 0 Å². The molecule has 0 bridgehead atoms. The van der Waals surface area contributed by atoms with Crippen LogP contribution in [0.3, 0.4) is 0 Å². The molecule has 0 spiro atoms. The molecular weight excluding hydrogens is 142 g/mol. The van der Waals surface area contributed by atoms with Crippen LogP contribution < -0.4 is 5.73 Å². The lowest BCUT2D eigenvalue weighted by molar-refractivity contribution is -0.157. The van der Waals surface area contributed by atoms with Crippen LogP contribution in [0.2, 0.25) is 0 Å². The molecule has 1 aliphatic carbocycles. The van der Waals surface area contributed by atoms with Gasteiger partial charge in [0.1, 0.15) is 5.78 Å². The summed E-state index contributed by atoms with van der Waals surface area (Å²) in [5, 5.41) is 0. The van der Waals surface area contributed by atoms with Gasteiger partial charge in [-0.25, -0.2) is 0 Å². The molecule has 3 nitrogen and oxygen atoms in total. The average Bonchev–Trinajstić information content (AvgIpc) is 1.97. The molecule has 11 heavy (non-hydrogen) atoms. The summed E-state index contributed by atoms with van der Waals surface area (Å²) in [6, 6.07) is 0. The van der Waals surface area contributed by atoms with Crippen molar-refractivity contribution in [2.45, 2.75) is 26.4 Å². The van der Waals surface area contributed by atoms with Gasteiger partial charge in [-0.15, -0.1) is 0 Å². The van der Waals surface area contributed by atoms with Crippen molar-refractivity contribution in [1.82, 2.24) is 0 Å². The quantitative estimate of drug-likeness (QED) is 0.642. The van der Waals surface area contributed by atoms with E-state index in [0.29, 0.717) is 25.4 Å². The third kappa shape index (κ3) is 1.44. The Morgan fingerprint density at radius 1 is 1.73 bits per heavy atom. The molecule has 0 aliphatic heterocycles. The first kappa shape index (κ1) is 8.68. The molecule has 1 saturated carbocycles. The number of hydrogen-bond acceptors (Lipinski definition) is 3. The lowest BCUT2D eigenvalue weighted by Crippen LogP contribution is -2.51. The van der Waals surface area contributed by atoms with E-state index in [9.17, 15) is 4.79 Å². The molecule has 0 aromatic carbocycles.